The van der Waals surface area contributed by atoms with E-state index in [0.717, 1.165) is 19.4 Å². The van der Waals surface area contributed by atoms with Crippen LogP contribution in [0.1, 0.15) is 37.0 Å². The van der Waals surface area contributed by atoms with Crippen LogP contribution in [0, 0.1) is 5.92 Å². The Morgan fingerprint density at radius 1 is 1.20 bits per heavy atom. The quantitative estimate of drug-likeness (QED) is 0.849. The van der Waals surface area contributed by atoms with E-state index in [2.05, 4.69) is 13.8 Å². The van der Waals surface area contributed by atoms with E-state index in [1.807, 2.05) is 4.90 Å². The Morgan fingerprint density at radius 2 is 1.80 bits per heavy atom. The van der Waals surface area contributed by atoms with Gasteiger partial charge in [0.2, 0.25) is 0 Å². The molecule has 0 N–H and O–H groups in total. The first kappa shape index (κ1) is 14.7. The molecule has 4 heteroatoms. The lowest BCUT2D eigenvalue weighted by Crippen LogP contribution is -2.38. The molecule has 110 valence electrons. The summed E-state index contributed by atoms with van der Waals surface area (Å²) in [5.74, 6) is 1.84. The van der Waals surface area contributed by atoms with Crippen molar-refractivity contribution in [1.82, 2.24) is 4.90 Å². The number of methoxy groups -OCH3 is 2. The summed E-state index contributed by atoms with van der Waals surface area (Å²) in [4.78, 5) is 14.7. The van der Waals surface area contributed by atoms with Crippen molar-refractivity contribution in [3.63, 3.8) is 0 Å². The lowest BCUT2D eigenvalue weighted by Gasteiger charge is -2.28. The Kier molecular flexibility index (Phi) is 4.53. The Hall–Kier alpha value is -1.71. The summed E-state index contributed by atoms with van der Waals surface area (Å²) in [6.07, 6.45) is 2.17. The van der Waals surface area contributed by atoms with Gasteiger partial charge in [0.15, 0.2) is 0 Å². The molecular formula is C16H23NO3. The maximum Gasteiger partial charge on any atom is 0.254 e. The molecule has 0 radical (unpaired) electrons. The van der Waals surface area contributed by atoms with Gasteiger partial charge in [-0.25, -0.2) is 0 Å². The van der Waals surface area contributed by atoms with E-state index in [-0.39, 0.29) is 5.91 Å². The molecule has 1 amide bonds. The van der Waals surface area contributed by atoms with Gasteiger partial charge in [0.25, 0.3) is 5.91 Å². The second kappa shape index (κ2) is 6.16. The number of benzene rings is 1. The number of rotatable bonds is 4. The van der Waals surface area contributed by atoms with Crippen molar-refractivity contribution < 1.29 is 14.3 Å². The molecule has 1 fully saturated rings. The molecule has 2 rings (SSSR count). The molecule has 1 aliphatic heterocycles. The molecule has 20 heavy (non-hydrogen) atoms. The van der Waals surface area contributed by atoms with Crippen LogP contribution in [0.25, 0.3) is 0 Å². The van der Waals surface area contributed by atoms with Crippen LogP contribution in [0.2, 0.25) is 0 Å². The van der Waals surface area contributed by atoms with Gasteiger partial charge in [-0.3, -0.25) is 4.79 Å². The predicted octanol–water partition coefficient (Wildman–Crippen LogP) is 2.96. The van der Waals surface area contributed by atoms with Gasteiger partial charge in [-0.05, 0) is 30.9 Å². The fourth-order valence-corrected chi connectivity index (χ4v) is 2.83. The Labute approximate surface area is 120 Å². The highest BCUT2D eigenvalue weighted by Crippen LogP contribution is 2.28. The van der Waals surface area contributed by atoms with Crippen LogP contribution in [0.5, 0.6) is 11.5 Å². The maximum absolute atomic E-state index is 12.7. The summed E-state index contributed by atoms with van der Waals surface area (Å²) in [5.41, 5.74) is 0.633. The van der Waals surface area contributed by atoms with Gasteiger partial charge in [0.05, 0.1) is 14.2 Å². The number of nitrogens with zero attached hydrogens (tertiary/aromatic N) is 1. The molecule has 0 spiro atoms. The summed E-state index contributed by atoms with van der Waals surface area (Å²) in [6.45, 7) is 5.17. The Bertz CT molecular complexity index is 462. The average Bonchev–Trinajstić information content (AvgIpc) is 2.95. The zero-order valence-corrected chi connectivity index (χ0v) is 12.7. The van der Waals surface area contributed by atoms with Crippen molar-refractivity contribution in [1.29, 1.82) is 0 Å². The van der Waals surface area contributed by atoms with Gasteiger partial charge in [0, 0.05) is 24.2 Å². The van der Waals surface area contributed by atoms with Crippen LogP contribution in [-0.2, 0) is 0 Å². The smallest absolute Gasteiger partial charge is 0.254 e. The largest absolute Gasteiger partial charge is 0.497 e. The van der Waals surface area contributed by atoms with E-state index >= 15 is 0 Å². The molecule has 0 bridgehead atoms. The molecular weight excluding hydrogens is 254 g/mol. The lowest BCUT2D eigenvalue weighted by atomic mass is 10.0. The van der Waals surface area contributed by atoms with Gasteiger partial charge >= 0.3 is 0 Å². The predicted molar refractivity (Wildman–Crippen MR) is 78.4 cm³/mol. The second-order valence-electron chi connectivity index (χ2n) is 5.55. The van der Waals surface area contributed by atoms with Crippen LogP contribution in [0.15, 0.2) is 18.2 Å². The third-order valence-corrected chi connectivity index (χ3v) is 3.93. The van der Waals surface area contributed by atoms with E-state index in [1.54, 1.807) is 32.4 Å². The van der Waals surface area contributed by atoms with Crippen molar-refractivity contribution in [2.45, 2.75) is 32.7 Å². The number of carbonyl (C=O) groups excluding carboxylic acids is 1. The molecule has 4 nitrogen and oxygen atoms in total. The first-order chi connectivity index (χ1) is 9.56. The minimum Gasteiger partial charge on any atom is -0.497 e. The van der Waals surface area contributed by atoms with Crippen molar-refractivity contribution in [2.24, 2.45) is 5.92 Å². The van der Waals surface area contributed by atoms with Crippen LogP contribution in [0.3, 0.4) is 0 Å². The average molecular weight is 277 g/mol. The number of hydrogen-bond donors (Lipinski definition) is 0. The van der Waals surface area contributed by atoms with Crippen molar-refractivity contribution in [3.8, 4) is 11.5 Å². The SMILES string of the molecule is COc1cc(OC)cc(C(=O)N2CCCC2C(C)C)c1. The van der Waals surface area contributed by atoms with Crippen LogP contribution < -0.4 is 9.47 Å². The molecule has 1 aliphatic rings. The third kappa shape index (κ3) is 2.89. The van der Waals surface area contributed by atoms with E-state index in [4.69, 9.17) is 9.47 Å². The molecule has 1 aromatic carbocycles. The van der Waals surface area contributed by atoms with Crippen LogP contribution in [-0.4, -0.2) is 37.6 Å². The topological polar surface area (TPSA) is 38.8 Å². The Morgan fingerprint density at radius 3 is 2.30 bits per heavy atom. The number of ether oxygens (including phenoxy) is 2. The molecule has 0 aromatic heterocycles. The fraction of sp³-hybridized carbons (Fsp3) is 0.562. The number of carbonyl (C=O) groups is 1. The molecule has 1 atom stereocenters. The molecule has 1 heterocycles. The normalized spacial score (nSPS) is 18.4. The minimum absolute atomic E-state index is 0.0680. The molecule has 0 aliphatic carbocycles. The van der Waals surface area contributed by atoms with Gasteiger partial charge in [-0.2, -0.15) is 0 Å². The first-order valence-corrected chi connectivity index (χ1v) is 7.11. The summed E-state index contributed by atoms with van der Waals surface area (Å²) in [6, 6.07) is 5.67. The highest BCUT2D eigenvalue weighted by Gasteiger charge is 2.31. The van der Waals surface area contributed by atoms with E-state index in [9.17, 15) is 4.79 Å². The van der Waals surface area contributed by atoms with Crippen molar-refractivity contribution in [2.75, 3.05) is 20.8 Å². The van der Waals surface area contributed by atoms with Crippen LogP contribution in [0.4, 0.5) is 0 Å². The first-order valence-electron chi connectivity index (χ1n) is 7.11. The molecule has 0 saturated carbocycles. The monoisotopic (exact) mass is 277 g/mol. The molecule has 1 saturated heterocycles. The fourth-order valence-electron chi connectivity index (χ4n) is 2.83. The van der Waals surface area contributed by atoms with Crippen LogP contribution >= 0.6 is 0 Å². The minimum atomic E-state index is 0.0680. The number of amides is 1. The second-order valence-corrected chi connectivity index (χ2v) is 5.55. The maximum atomic E-state index is 12.7. The van der Waals surface area contributed by atoms with Crippen molar-refractivity contribution in [3.05, 3.63) is 23.8 Å². The third-order valence-electron chi connectivity index (χ3n) is 3.93. The van der Waals surface area contributed by atoms with Gasteiger partial charge in [-0.15, -0.1) is 0 Å². The standard InChI is InChI=1S/C16H23NO3/c1-11(2)15-6-5-7-17(15)16(18)12-8-13(19-3)10-14(9-12)20-4/h8-11,15H,5-7H2,1-4H3. The highest BCUT2D eigenvalue weighted by molar-refractivity contribution is 5.95. The zero-order chi connectivity index (χ0) is 14.7. The highest BCUT2D eigenvalue weighted by atomic mass is 16.5. The molecule has 1 aromatic rings. The van der Waals surface area contributed by atoms with Gasteiger partial charge in [0.1, 0.15) is 11.5 Å². The summed E-state index contributed by atoms with van der Waals surface area (Å²) < 4.78 is 10.5. The van der Waals surface area contributed by atoms with E-state index < -0.39 is 0 Å². The van der Waals surface area contributed by atoms with E-state index in [0.29, 0.717) is 29.0 Å². The summed E-state index contributed by atoms with van der Waals surface area (Å²) in [7, 11) is 3.19. The number of hydrogen-bond acceptors (Lipinski definition) is 3. The Balaban J connectivity index is 2.28. The summed E-state index contributed by atoms with van der Waals surface area (Å²) >= 11 is 0. The zero-order valence-electron chi connectivity index (χ0n) is 12.7. The lowest BCUT2D eigenvalue weighted by molar-refractivity contribution is 0.0701. The number of likely N-dealkylation sites (tertiary alicyclic amines) is 1. The van der Waals surface area contributed by atoms with E-state index in [1.165, 1.54) is 0 Å². The van der Waals surface area contributed by atoms with Crippen molar-refractivity contribution >= 4 is 5.91 Å². The summed E-state index contributed by atoms with van der Waals surface area (Å²) in [5, 5.41) is 0. The van der Waals surface area contributed by atoms with Gasteiger partial charge < -0.3 is 14.4 Å². The molecule has 1 unspecified atom stereocenters. The van der Waals surface area contributed by atoms with Gasteiger partial charge in [-0.1, -0.05) is 13.8 Å².